The van der Waals surface area contributed by atoms with E-state index in [0.717, 1.165) is 5.56 Å². The third-order valence-corrected chi connectivity index (χ3v) is 3.32. The first kappa shape index (κ1) is 14.3. The number of hydrogen-bond donors (Lipinski definition) is 1. The molecule has 2 aromatic carbocycles. The third kappa shape index (κ3) is 3.45. The molecule has 0 unspecified atom stereocenters. The van der Waals surface area contributed by atoms with Crippen LogP contribution in [-0.2, 0) is 11.3 Å². The van der Waals surface area contributed by atoms with Crippen molar-refractivity contribution in [1.82, 2.24) is 5.32 Å². The molecule has 0 aromatic heterocycles. The molecular formula is C17H19NO2. The summed E-state index contributed by atoms with van der Waals surface area (Å²) in [6.07, 6.45) is 0. The number of esters is 1. The lowest BCUT2D eigenvalue weighted by Gasteiger charge is -2.15. The summed E-state index contributed by atoms with van der Waals surface area (Å²) >= 11 is 0. The van der Waals surface area contributed by atoms with Crippen molar-refractivity contribution in [3.05, 3.63) is 71.3 Å². The Labute approximate surface area is 119 Å². The van der Waals surface area contributed by atoms with Gasteiger partial charge in [-0.1, -0.05) is 48.5 Å². The van der Waals surface area contributed by atoms with Crippen molar-refractivity contribution >= 4 is 5.97 Å². The fraction of sp³-hybridized carbons (Fsp3) is 0.235. The van der Waals surface area contributed by atoms with Gasteiger partial charge in [0.05, 0.1) is 12.7 Å². The summed E-state index contributed by atoms with van der Waals surface area (Å²) in [6.45, 7) is 2.73. The van der Waals surface area contributed by atoms with Crippen LogP contribution in [0.5, 0.6) is 0 Å². The van der Waals surface area contributed by atoms with Gasteiger partial charge in [0, 0.05) is 12.6 Å². The summed E-state index contributed by atoms with van der Waals surface area (Å²) in [4.78, 5) is 11.7. The van der Waals surface area contributed by atoms with Crippen LogP contribution >= 0.6 is 0 Å². The minimum atomic E-state index is -0.297. The molecule has 0 aliphatic rings. The fourth-order valence-corrected chi connectivity index (χ4v) is 2.11. The monoisotopic (exact) mass is 269 g/mol. The Kier molecular flexibility index (Phi) is 4.91. The van der Waals surface area contributed by atoms with Crippen LogP contribution in [0.3, 0.4) is 0 Å². The molecule has 0 amide bonds. The molecule has 2 aromatic rings. The Bertz CT molecular complexity index is 566. The minimum Gasteiger partial charge on any atom is -0.465 e. The molecule has 2 rings (SSSR count). The Morgan fingerprint density at radius 3 is 2.45 bits per heavy atom. The highest BCUT2D eigenvalue weighted by molar-refractivity contribution is 5.90. The van der Waals surface area contributed by atoms with E-state index in [0.29, 0.717) is 12.1 Å². The smallest absolute Gasteiger partial charge is 0.338 e. The Hall–Kier alpha value is -2.13. The van der Waals surface area contributed by atoms with Crippen molar-refractivity contribution in [2.75, 3.05) is 7.11 Å². The Morgan fingerprint density at radius 2 is 1.75 bits per heavy atom. The predicted molar refractivity (Wildman–Crippen MR) is 79.5 cm³/mol. The van der Waals surface area contributed by atoms with Gasteiger partial charge in [-0.15, -0.1) is 0 Å². The largest absolute Gasteiger partial charge is 0.465 e. The maximum Gasteiger partial charge on any atom is 0.338 e. The first-order valence-electron chi connectivity index (χ1n) is 6.67. The zero-order valence-corrected chi connectivity index (χ0v) is 11.8. The molecule has 0 spiro atoms. The van der Waals surface area contributed by atoms with Crippen molar-refractivity contribution in [2.45, 2.75) is 19.5 Å². The maximum atomic E-state index is 11.7. The predicted octanol–water partition coefficient (Wildman–Crippen LogP) is 3.32. The second kappa shape index (κ2) is 6.87. The molecule has 0 heterocycles. The van der Waals surface area contributed by atoms with E-state index in [-0.39, 0.29) is 12.0 Å². The van der Waals surface area contributed by atoms with Gasteiger partial charge in [-0.05, 0) is 24.1 Å². The van der Waals surface area contributed by atoms with Crippen LogP contribution in [0.25, 0.3) is 0 Å². The van der Waals surface area contributed by atoms with Crippen molar-refractivity contribution in [3.63, 3.8) is 0 Å². The average molecular weight is 269 g/mol. The molecule has 20 heavy (non-hydrogen) atoms. The normalized spacial score (nSPS) is 11.9. The fourth-order valence-electron chi connectivity index (χ4n) is 2.11. The van der Waals surface area contributed by atoms with Crippen molar-refractivity contribution in [3.8, 4) is 0 Å². The standard InChI is InChI=1S/C17H19NO2/c1-13(14-8-4-3-5-9-14)18-12-15-10-6-7-11-16(15)17(19)20-2/h3-11,13,18H,12H2,1-2H3/t13-/m0/s1. The van der Waals surface area contributed by atoms with Gasteiger partial charge >= 0.3 is 5.97 Å². The van der Waals surface area contributed by atoms with E-state index >= 15 is 0 Å². The first-order valence-corrected chi connectivity index (χ1v) is 6.67. The molecule has 0 aliphatic heterocycles. The summed E-state index contributed by atoms with van der Waals surface area (Å²) in [5.74, 6) is -0.297. The summed E-state index contributed by atoms with van der Waals surface area (Å²) in [7, 11) is 1.40. The second-order valence-electron chi connectivity index (χ2n) is 4.66. The van der Waals surface area contributed by atoms with Gasteiger partial charge in [-0.2, -0.15) is 0 Å². The number of ether oxygens (including phenoxy) is 1. The molecular weight excluding hydrogens is 250 g/mol. The highest BCUT2D eigenvalue weighted by Gasteiger charge is 2.11. The van der Waals surface area contributed by atoms with Gasteiger partial charge in [0.1, 0.15) is 0 Å². The third-order valence-electron chi connectivity index (χ3n) is 3.32. The molecule has 1 N–H and O–H groups in total. The van der Waals surface area contributed by atoms with Crippen LogP contribution in [0.1, 0.15) is 34.5 Å². The summed E-state index contributed by atoms with van der Waals surface area (Å²) in [5.41, 5.74) is 2.79. The van der Waals surface area contributed by atoms with E-state index in [1.54, 1.807) is 6.07 Å². The SMILES string of the molecule is COC(=O)c1ccccc1CN[C@@H](C)c1ccccc1. The molecule has 0 bridgehead atoms. The second-order valence-corrected chi connectivity index (χ2v) is 4.66. The van der Waals surface area contributed by atoms with Crippen molar-refractivity contribution in [2.24, 2.45) is 0 Å². The van der Waals surface area contributed by atoms with Gasteiger partial charge in [0.15, 0.2) is 0 Å². The quantitative estimate of drug-likeness (QED) is 0.846. The van der Waals surface area contributed by atoms with E-state index in [1.165, 1.54) is 12.7 Å². The van der Waals surface area contributed by atoms with Gasteiger partial charge in [0.2, 0.25) is 0 Å². The molecule has 3 heteroatoms. The van der Waals surface area contributed by atoms with Crippen LogP contribution < -0.4 is 5.32 Å². The summed E-state index contributed by atoms with van der Waals surface area (Å²) < 4.78 is 4.80. The lowest BCUT2D eigenvalue weighted by molar-refractivity contribution is 0.0599. The summed E-state index contributed by atoms with van der Waals surface area (Å²) in [5, 5.41) is 3.43. The van der Waals surface area contributed by atoms with Crippen LogP contribution in [0, 0.1) is 0 Å². The zero-order valence-electron chi connectivity index (χ0n) is 11.8. The number of rotatable bonds is 5. The van der Waals surface area contributed by atoms with Crippen LogP contribution in [0.15, 0.2) is 54.6 Å². The Balaban J connectivity index is 2.06. The number of hydrogen-bond acceptors (Lipinski definition) is 3. The average Bonchev–Trinajstić information content (AvgIpc) is 2.53. The minimum absolute atomic E-state index is 0.224. The summed E-state index contributed by atoms with van der Waals surface area (Å²) in [6, 6.07) is 17.9. The van der Waals surface area contributed by atoms with E-state index in [9.17, 15) is 4.79 Å². The number of benzene rings is 2. The molecule has 0 saturated heterocycles. The lowest BCUT2D eigenvalue weighted by Crippen LogP contribution is -2.20. The highest BCUT2D eigenvalue weighted by atomic mass is 16.5. The van der Waals surface area contributed by atoms with Gasteiger partial charge in [-0.3, -0.25) is 0 Å². The number of carbonyl (C=O) groups is 1. The van der Waals surface area contributed by atoms with Gasteiger partial charge in [-0.25, -0.2) is 4.79 Å². The molecule has 0 aliphatic carbocycles. The number of carbonyl (C=O) groups excluding carboxylic acids is 1. The molecule has 0 radical (unpaired) electrons. The molecule has 0 fully saturated rings. The van der Waals surface area contributed by atoms with E-state index in [4.69, 9.17) is 4.74 Å². The lowest BCUT2D eigenvalue weighted by atomic mass is 10.1. The number of methoxy groups -OCH3 is 1. The van der Waals surface area contributed by atoms with Crippen molar-refractivity contribution < 1.29 is 9.53 Å². The highest BCUT2D eigenvalue weighted by Crippen LogP contribution is 2.14. The number of nitrogens with one attached hydrogen (secondary N) is 1. The Morgan fingerprint density at radius 1 is 1.10 bits per heavy atom. The van der Waals surface area contributed by atoms with Crippen LogP contribution in [-0.4, -0.2) is 13.1 Å². The van der Waals surface area contributed by atoms with E-state index < -0.39 is 0 Å². The molecule has 3 nitrogen and oxygen atoms in total. The topological polar surface area (TPSA) is 38.3 Å². The zero-order chi connectivity index (χ0) is 14.4. The molecule has 104 valence electrons. The van der Waals surface area contributed by atoms with E-state index in [2.05, 4.69) is 24.4 Å². The van der Waals surface area contributed by atoms with Crippen LogP contribution in [0.2, 0.25) is 0 Å². The van der Waals surface area contributed by atoms with Crippen LogP contribution in [0.4, 0.5) is 0 Å². The molecule has 1 atom stereocenters. The van der Waals surface area contributed by atoms with Gasteiger partial charge < -0.3 is 10.1 Å². The van der Waals surface area contributed by atoms with Gasteiger partial charge in [0.25, 0.3) is 0 Å². The first-order chi connectivity index (χ1) is 9.72. The van der Waals surface area contributed by atoms with Crippen molar-refractivity contribution in [1.29, 1.82) is 0 Å². The van der Waals surface area contributed by atoms with E-state index in [1.807, 2.05) is 36.4 Å². The maximum absolute atomic E-state index is 11.7. The molecule has 0 saturated carbocycles.